The molecular formula is C19H27N5O. The summed E-state index contributed by atoms with van der Waals surface area (Å²) >= 11 is 0. The largest absolute Gasteiger partial charge is 0.334 e. The van der Waals surface area contributed by atoms with Crippen molar-refractivity contribution in [1.29, 1.82) is 0 Å². The summed E-state index contributed by atoms with van der Waals surface area (Å²) in [5.41, 5.74) is 3.40. The van der Waals surface area contributed by atoms with Crippen molar-refractivity contribution < 1.29 is 4.79 Å². The zero-order valence-electron chi connectivity index (χ0n) is 15.1. The number of piperidine rings is 1. The number of nitrogens with one attached hydrogen (secondary N) is 1. The Kier molecular flexibility index (Phi) is 5.81. The van der Waals surface area contributed by atoms with E-state index in [0.29, 0.717) is 6.42 Å². The van der Waals surface area contributed by atoms with E-state index < -0.39 is 0 Å². The Bertz CT molecular complexity index is 684. The number of H-pyrrole nitrogens is 1. The maximum atomic E-state index is 12.8. The first-order valence-corrected chi connectivity index (χ1v) is 9.02. The van der Waals surface area contributed by atoms with Crippen molar-refractivity contribution >= 4 is 5.91 Å². The lowest BCUT2D eigenvalue weighted by molar-refractivity contribution is -0.135. The summed E-state index contributed by atoms with van der Waals surface area (Å²) in [6.45, 7) is 4.45. The molecule has 2 aromatic rings. The van der Waals surface area contributed by atoms with E-state index in [1.54, 1.807) is 6.20 Å². The molecule has 1 aliphatic rings. The molecule has 1 saturated heterocycles. The second-order valence-electron chi connectivity index (χ2n) is 6.91. The molecular weight excluding hydrogens is 314 g/mol. The van der Waals surface area contributed by atoms with Gasteiger partial charge in [0, 0.05) is 38.4 Å². The van der Waals surface area contributed by atoms with E-state index in [1.165, 1.54) is 5.56 Å². The lowest BCUT2D eigenvalue weighted by atomic mass is 9.97. The van der Waals surface area contributed by atoms with Gasteiger partial charge >= 0.3 is 0 Å². The Morgan fingerprint density at radius 1 is 1.40 bits per heavy atom. The van der Waals surface area contributed by atoms with Crippen LogP contribution in [0.25, 0.3) is 0 Å². The van der Waals surface area contributed by atoms with Crippen molar-refractivity contribution in [2.75, 3.05) is 20.1 Å². The van der Waals surface area contributed by atoms with Crippen LogP contribution in [0.4, 0.5) is 0 Å². The molecule has 0 bridgehead atoms. The molecule has 1 atom stereocenters. The molecule has 2 aromatic heterocycles. The van der Waals surface area contributed by atoms with Crippen LogP contribution in [-0.2, 0) is 11.3 Å². The predicted molar refractivity (Wildman–Crippen MR) is 96.8 cm³/mol. The molecule has 0 saturated carbocycles. The van der Waals surface area contributed by atoms with Crippen molar-refractivity contribution in [2.24, 2.45) is 0 Å². The van der Waals surface area contributed by atoms with Gasteiger partial charge in [-0.05, 0) is 50.4 Å². The number of nitrogens with zero attached hydrogens (tertiary/aromatic N) is 4. The number of likely N-dealkylation sites (tertiary alicyclic amines) is 1. The van der Waals surface area contributed by atoms with Crippen LogP contribution in [0, 0.1) is 6.92 Å². The standard InChI is InChI=1S/C19H27N5O/c1-15-12-21-22-19(15)17-7-3-4-10-24(17)18(25)8-11-23(2)14-16-6-5-9-20-13-16/h5-6,9,12-13,17H,3-4,7-8,10-11,14H2,1-2H3,(H,21,22). The molecule has 1 N–H and O–H groups in total. The van der Waals surface area contributed by atoms with Crippen LogP contribution in [0.5, 0.6) is 0 Å². The number of carbonyl (C=O) groups excluding carboxylic acids is 1. The summed E-state index contributed by atoms with van der Waals surface area (Å²) in [6.07, 6.45) is 9.30. The fourth-order valence-electron chi connectivity index (χ4n) is 3.54. The molecule has 0 aliphatic carbocycles. The van der Waals surface area contributed by atoms with Gasteiger partial charge in [0.25, 0.3) is 0 Å². The average molecular weight is 341 g/mol. The summed E-state index contributed by atoms with van der Waals surface area (Å²) in [4.78, 5) is 21.2. The van der Waals surface area contributed by atoms with Gasteiger partial charge in [0.2, 0.25) is 5.91 Å². The van der Waals surface area contributed by atoms with Gasteiger partial charge in [0.05, 0.1) is 17.9 Å². The Morgan fingerprint density at radius 2 is 2.28 bits per heavy atom. The van der Waals surface area contributed by atoms with Crippen molar-refractivity contribution in [1.82, 2.24) is 25.0 Å². The Morgan fingerprint density at radius 3 is 3.00 bits per heavy atom. The molecule has 0 aromatic carbocycles. The number of aromatic amines is 1. The van der Waals surface area contributed by atoms with E-state index >= 15 is 0 Å². The number of aryl methyl sites for hydroxylation is 1. The molecule has 3 heterocycles. The second-order valence-corrected chi connectivity index (χ2v) is 6.91. The Labute approximate surface area is 149 Å². The quantitative estimate of drug-likeness (QED) is 0.877. The number of pyridine rings is 1. The molecule has 6 heteroatoms. The molecule has 1 fully saturated rings. The van der Waals surface area contributed by atoms with E-state index in [4.69, 9.17) is 0 Å². The van der Waals surface area contributed by atoms with Gasteiger partial charge in [-0.25, -0.2) is 0 Å². The van der Waals surface area contributed by atoms with E-state index in [-0.39, 0.29) is 11.9 Å². The minimum absolute atomic E-state index is 0.146. The van der Waals surface area contributed by atoms with Crippen molar-refractivity contribution in [3.63, 3.8) is 0 Å². The Hall–Kier alpha value is -2.21. The number of hydrogen-bond acceptors (Lipinski definition) is 4. The average Bonchev–Trinajstić information content (AvgIpc) is 3.06. The molecule has 0 radical (unpaired) electrons. The van der Waals surface area contributed by atoms with Gasteiger partial charge in [0.1, 0.15) is 0 Å². The van der Waals surface area contributed by atoms with Crippen LogP contribution in [0.15, 0.2) is 30.7 Å². The fourth-order valence-corrected chi connectivity index (χ4v) is 3.54. The van der Waals surface area contributed by atoms with E-state index in [0.717, 1.165) is 50.2 Å². The number of carbonyl (C=O) groups is 1. The second kappa shape index (κ2) is 8.25. The SMILES string of the molecule is Cc1cn[nH]c1C1CCCCN1C(=O)CCN(C)Cc1cccnc1. The first-order chi connectivity index (χ1) is 12.1. The molecule has 6 nitrogen and oxygen atoms in total. The van der Waals surface area contributed by atoms with E-state index in [2.05, 4.69) is 33.1 Å². The van der Waals surface area contributed by atoms with Crippen LogP contribution >= 0.6 is 0 Å². The van der Waals surface area contributed by atoms with Crippen molar-refractivity contribution in [3.8, 4) is 0 Å². The van der Waals surface area contributed by atoms with E-state index in [9.17, 15) is 4.79 Å². The molecule has 3 rings (SSSR count). The van der Waals surface area contributed by atoms with Crippen molar-refractivity contribution in [2.45, 2.75) is 45.2 Å². The minimum Gasteiger partial charge on any atom is -0.334 e. The molecule has 0 spiro atoms. The molecule has 1 amide bonds. The lowest BCUT2D eigenvalue weighted by Crippen LogP contribution is -2.40. The molecule has 1 aliphatic heterocycles. The third-order valence-corrected chi connectivity index (χ3v) is 4.91. The third-order valence-electron chi connectivity index (χ3n) is 4.91. The van der Waals surface area contributed by atoms with Gasteiger partial charge in [0.15, 0.2) is 0 Å². The van der Waals surface area contributed by atoms with E-state index in [1.807, 2.05) is 30.4 Å². The van der Waals surface area contributed by atoms with Crippen molar-refractivity contribution in [3.05, 3.63) is 47.5 Å². The minimum atomic E-state index is 0.146. The maximum absolute atomic E-state index is 12.8. The normalized spacial score (nSPS) is 17.9. The van der Waals surface area contributed by atoms with Gasteiger partial charge in [-0.2, -0.15) is 5.10 Å². The highest BCUT2D eigenvalue weighted by Crippen LogP contribution is 2.31. The number of aromatic nitrogens is 3. The number of rotatable bonds is 6. The smallest absolute Gasteiger partial charge is 0.224 e. The first kappa shape index (κ1) is 17.6. The fraction of sp³-hybridized carbons (Fsp3) is 0.526. The highest BCUT2D eigenvalue weighted by Gasteiger charge is 2.29. The van der Waals surface area contributed by atoms with Crippen LogP contribution in [0.2, 0.25) is 0 Å². The highest BCUT2D eigenvalue weighted by molar-refractivity contribution is 5.77. The molecule has 134 valence electrons. The van der Waals surface area contributed by atoms with Crippen LogP contribution in [-0.4, -0.2) is 51.0 Å². The van der Waals surface area contributed by atoms with Gasteiger partial charge in [-0.3, -0.25) is 14.9 Å². The van der Waals surface area contributed by atoms with Crippen LogP contribution in [0.3, 0.4) is 0 Å². The van der Waals surface area contributed by atoms with Gasteiger partial charge in [-0.1, -0.05) is 6.07 Å². The summed E-state index contributed by atoms with van der Waals surface area (Å²) in [5.74, 6) is 0.233. The summed E-state index contributed by atoms with van der Waals surface area (Å²) in [6, 6.07) is 4.15. The highest BCUT2D eigenvalue weighted by atomic mass is 16.2. The van der Waals surface area contributed by atoms with Crippen LogP contribution < -0.4 is 0 Å². The van der Waals surface area contributed by atoms with Gasteiger partial charge < -0.3 is 9.80 Å². The lowest BCUT2D eigenvalue weighted by Gasteiger charge is -2.36. The summed E-state index contributed by atoms with van der Waals surface area (Å²) in [7, 11) is 2.05. The molecule has 1 unspecified atom stereocenters. The molecule has 25 heavy (non-hydrogen) atoms. The zero-order valence-corrected chi connectivity index (χ0v) is 15.1. The van der Waals surface area contributed by atoms with Crippen LogP contribution in [0.1, 0.15) is 48.5 Å². The topological polar surface area (TPSA) is 65.1 Å². The number of amides is 1. The number of hydrogen-bond donors (Lipinski definition) is 1. The predicted octanol–water partition coefficient (Wildman–Crippen LogP) is 2.69. The monoisotopic (exact) mass is 341 g/mol. The first-order valence-electron chi connectivity index (χ1n) is 9.02. The van der Waals surface area contributed by atoms with Gasteiger partial charge in [-0.15, -0.1) is 0 Å². The maximum Gasteiger partial charge on any atom is 0.224 e. The zero-order chi connectivity index (χ0) is 17.6. The summed E-state index contributed by atoms with van der Waals surface area (Å²) < 4.78 is 0. The third kappa shape index (κ3) is 4.45. The Balaban J connectivity index is 1.56. The summed E-state index contributed by atoms with van der Waals surface area (Å²) in [5, 5.41) is 7.23.